The summed E-state index contributed by atoms with van der Waals surface area (Å²) in [5.74, 6) is 0.251. The molecular weight excluding hydrogens is 236 g/mol. The zero-order valence-electron chi connectivity index (χ0n) is 11.3. The summed E-state index contributed by atoms with van der Waals surface area (Å²) >= 11 is 0. The number of sulfonamides is 1. The van der Waals surface area contributed by atoms with Crippen molar-refractivity contribution in [2.24, 2.45) is 5.41 Å². The lowest BCUT2D eigenvalue weighted by Crippen LogP contribution is -2.42. The van der Waals surface area contributed by atoms with Gasteiger partial charge in [-0.25, -0.2) is 13.1 Å². The van der Waals surface area contributed by atoms with Crippen molar-refractivity contribution in [3.05, 3.63) is 0 Å². The second kappa shape index (κ2) is 6.16. The van der Waals surface area contributed by atoms with Crippen LogP contribution in [0, 0.1) is 5.41 Å². The van der Waals surface area contributed by atoms with E-state index in [1.807, 2.05) is 7.05 Å². The van der Waals surface area contributed by atoms with Gasteiger partial charge in [0.25, 0.3) is 0 Å². The van der Waals surface area contributed by atoms with E-state index in [4.69, 9.17) is 0 Å². The van der Waals surface area contributed by atoms with Crippen LogP contribution in [0.1, 0.15) is 46.0 Å². The summed E-state index contributed by atoms with van der Waals surface area (Å²) in [5, 5.41) is 3.02. The zero-order chi connectivity index (χ0) is 12.9. The molecule has 102 valence electrons. The molecule has 1 fully saturated rings. The van der Waals surface area contributed by atoms with Gasteiger partial charge in [0.15, 0.2) is 0 Å². The smallest absolute Gasteiger partial charge is 0.211 e. The van der Waals surface area contributed by atoms with Crippen LogP contribution in [0.25, 0.3) is 0 Å². The maximum Gasteiger partial charge on any atom is 0.211 e. The Morgan fingerprint density at radius 2 is 2.00 bits per heavy atom. The van der Waals surface area contributed by atoms with Crippen molar-refractivity contribution in [2.45, 2.75) is 52.0 Å². The summed E-state index contributed by atoms with van der Waals surface area (Å²) < 4.78 is 26.7. The van der Waals surface area contributed by atoms with Gasteiger partial charge in [-0.2, -0.15) is 0 Å². The number of unbranched alkanes of at least 4 members (excludes halogenated alkanes) is 1. The Morgan fingerprint density at radius 1 is 1.29 bits per heavy atom. The third kappa shape index (κ3) is 4.94. The van der Waals surface area contributed by atoms with E-state index in [-0.39, 0.29) is 17.2 Å². The maximum absolute atomic E-state index is 11.9. The van der Waals surface area contributed by atoms with Gasteiger partial charge in [-0.3, -0.25) is 0 Å². The van der Waals surface area contributed by atoms with Crippen molar-refractivity contribution >= 4 is 10.0 Å². The molecule has 0 spiro atoms. The number of hydrogen-bond acceptors (Lipinski definition) is 3. The predicted molar refractivity (Wildman–Crippen MR) is 71.5 cm³/mol. The number of hydrogen-bond donors (Lipinski definition) is 2. The van der Waals surface area contributed by atoms with Gasteiger partial charge in [-0.05, 0) is 44.7 Å². The lowest BCUT2D eigenvalue weighted by molar-refractivity contribution is 0.313. The highest BCUT2D eigenvalue weighted by molar-refractivity contribution is 7.89. The standard InChI is InChI=1S/C12H26N2O2S/c1-12(2)8-6-7-11(12)14-17(15,16)10-5-4-9-13-3/h11,13-14H,4-10H2,1-3H3. The Morgan fingerprint density at radius 3 is 2.53 bits per heavy atom. The van der Waals surface area contributed by atoms with Crippen LogP contribution >= 0.6 is 0 Å². The van der Waals surface area contributed by atoms with Gasteiger partial charge in [-0.15, -0.1) is 0 Å². The fourth-order valence-corrected chi connectivity index (χ4v) is 3.99. The van der Waals surface area contributed by atoms with Crippen molar-refractivity contribution in [1.29, 1.82) is 0 Å². The molecule has 0 heterocycles. The lowest BCUT2D eigenvalue weighted by atomic mass is 9.88. The number of nitrogens with one attached hydrogen (secondary N) is 2. The third-order valence-electron chi connectivity index (χ3n) is 3.67. The first-order valence-electron chi connectivity index (χ1n) is 6.52. The Balaban J connectivity index is 2.38. The molecule has 1 atom stereocenters. The first-order valence-corrected chi connectivity index (χ1v) is 8.17. The van der Waals surface area contributed by atoms with Crippen LogP contribution in [0.4, 0.5) is 0 Å². The van der Waals surface area contributed by atoms with Crippen LogP contribution in [-0.4, -0.2) is 33.8 Å². The minimum absolute atomic E-state index is 0.109. The molecule has 1 rings (SSSR count). The van der Waals surface area contributed by atoms with Crippen LogP contribution in [-0.2, 0) is 10.0 Å². The molecule has 0 aromatic heterocycles. The average Bonchev–Trinajstić information content (AvgIpc) is 2.53. The van der Waals surface area contributed by atoms with Gasteiger partial charge >= 0.3 is 0 Å². The van der Waals surface area contributed by atoms with Gasteiger partial charge < -0.3 is 5.32 Å². The van der Waals surface area contributed by atoms with E-state index in [1.54, 1.807) is 0 Å². The summed E-state index contributed by atoms with van der Waals surface area (Å²) in [7, 11) is -1.21. The quantitative estimate of drug-likeness (QED) is 0.683. The van der Waals surface area contributed by atoms with Crippen LogP contribution in [0.15, 0.2) is 0 Å². The highest BCUT2D eigenvalue weighted by Gasteiger charge is 2.36. The third-order valence-corrected chi connectivity index (χ3v) is 5.14. The summed E-state index contributed by atoms with van der Waals surface area (Å²) in [5.41, 5.74) is 0.109. The first-order chi connectivity index (χ1) is 7.87. The molecule has 0 saturated heterocycles. The van der Waals surface area contributed by atoms with Gasteiger partial charge in [0.1, 0.15) is 0 Å². The van der Waals surface area contributed by atoms with Gasteiger partial charge in [0.05, 0.1) is 5.75 Å². The molecule has 1 unspecified atom stereocenters. The average molecular weight is 262 g/mol. The van der Waals surface area contributed by atoms with E-state index >= 15 is 0 Å². The Kier molecular flexibility index (Phi) is 5.41. The topological polar surface area (TPSA) is 58.2 Å². The van der Waals surface area contributed by atoms with Crippen molar-refractivity contribution in [3.63, 3.8) is 0 Å². The second-order valence-corrected chi connectivity index (χ2v) is 7.55. The monoisotopic (exact) mass is 262 g/mol. The van der Waals surface area contributed by atoms with E-state index in [1.165, 1.54) is 0 Å². The highest BCUT2D eigenvalue weighted by Crippen LogP contribution is 2.37. The van der Waals surface area contributed by atoms with Crippen LogP contribution in [0.5, 0.6) is 0 Å². The van der Waals surface area contributed by atoms with E-state index in [2.05, 4.69) is 23.9 Å². The lowest BCUT2D eigenvalue weighted by Gasteiger charge is -2.27. The van der Waals surface area contributed by atoms with E-state index in [9.17, 15) is 8.42 Å². The van der Waals surface area contributed by atoms with Gasteiger partial charge in [0.2, 0.25) is 10.0 Å². The predicted octanol–water partition coefficient (Wildman–Crippen LogP) is 1.48. The molecule has 1 aliphatic rings. The molecule has 4 nitrogen and oxygen atoms in total. The first kappa shape index (κ1) is 14.9. The second-order valence-electron chi connectivity index (χ2n) is 5.68. The zero-order valence-corrected chi connectivity index (χ0v) is 12.1. The molecule has 0 radical (unpaired) electrons. The Hall–Kier alpha value is -0.130. The fourth-order valence-electron chi connectivity index (χ4n) is 2.41. The molecule has 2 N–H and O–H groups in total. The normalized spacial score (nSPS) is 24.1. The Bertz CT molecular complexity index is 325. The van der Waals surface area contributed by atoms with E-state index in [0.717, 1.165) is 38.6 Å². The van der Waals surface area contributed by atoms with Crippen molar-refractivity contribution < 1.29 is 8.42 Å². The summed E-state index contributed by atoms with van der Waals surface area (Å²) in [6, 6.07) is 0.122. The molecular formula is C12H26N2O2S. The van der Waals surface area contributed by atoms with Crippen LogP contribution < -0.4 is 10.0 Å². The molecule has 0 aromatic rings. The molecule has 0 aliphatic heterocycles. The summed E-state index contributed by atoms with van der Waals surface area (Å²) in [4.78, 5) is 0. The van der Waals surface area contributed by atoms with Gasteiger partial charge in [-0.1, -0.05) is 20.3 Å². The Labute approximate surface area is 106 Å². The van der Waals surface area contributed by atoms with Crippen molar-refractivity contribution in [2.75, 3.05) is 19.3 Å². The molecule has 1 aliphatic carbocycles. The summed E-state index contributed by atoms with van der Waals surface area (Å²) in [6.45, 7) is 5.17. The highest BCUT2D eigenvalue weighted by atomic mass is 32.2. The largest absolute Gasteiger partial charge is 0.320 e. The SMILES string of the molecule is CNCCCCS(=O)(=O)NC1CCCC1(C)C. The van der Waals surface area contributed by atoms with Crippen LogP contribution in [0.2, 0.25) is 0 Å². The molecule has 1 saturated carbocycles. The molecule has 17 heavy (non-hydrogen) atoms. The van der Waals surface area contributed by atoms with Crippen LogP contribution in [0.3, 0.4) is 0 Å². The van der Waals surface area contributed by atoms with Crippen molar-refractivity contribution in [1.82, 2.24) is 10.0 Å². The number of rotatable bonds is 7. The van der Waals surface area contributed by atoms with E-state index in [0.29, 0.717) is 0 Å². The van der Waals surface area contributed by atoms with E-state index < -0.39 is 10.0 Å². The minimum Gasteiger partial charge on any atom is -0.320 e. The summed E-state index contributed by atoms with van der Waals surface area (Å²) in [6.07, 6.45) is 4.84. The van der Waals surface area contributed by atoms with Gasteiger partial charge in [0, 0.05) is 6.04 Å². The molecule has 0 amide bonds. The fraction of sp³-hybridized carbons (Fsp3) is 1.00. The molecule has 5 heteroatoms. The molecule has 0 bridgehead atoms. The van der Waals surface area contributed by atoms with Crippen molar-refractivity contribution in [3.8, 4) is 0 Å². The molecule has 0 aromatic carbocycles. The maximum atomic E-state index is 11.9. The minimum atomic E-state index is -3.09.